The highest BCUT2D eigenvalue weighted by Crippen LogP contribution is 2.26. The predicted octanol–water partition coefficient (Wildman–Crippen LogP) is 2.73. The molecule has 0 aliphatic heterocycles. The monoisotopic (exact) mass is 310 g/mol. The minimum atomic E-state index is -0.835. The molecule has 0 bridgehead atoms. The number of hydrogen-bond donors (Lipinski definition) is 2. The van der Waals surface area contributed by atoms with E-state index in [1.165, 1.54) is 0 Å². The minimum absolute atomic E-state index is 0.247. The van der Waals surface area contributed by atoms with Crippen molar-refractivity contribution in [1.82, 2.24) is 10.2 Å². The van der Waals surface area contributed by atoms with E-state index in [-0.39, 0.29) is 12.1 Å². The first kappa shape index (κ1) is 15.6. The van der Waals surface area contributed by atoms with Crippen LogP contribution in [-0.2, 0) is 11.3 Å². The Kier molecular flexibility index (Phi) is 5.07. The highest BCUT2D eigenvalue weighted by atomic mass is 35.5. The van der Waals surface area contributed by atoms with Crippen molar-refractivity contribution in [3.8, 4) is 0 Å². The second-order valence-electron chi connectivity index (χ2n) is 5.41. The Balaban J connectivity index is 1.90. The fourth-order valence-corrected chi connectivity index (χ4v) is 2.76. The fraction of sp³-hybridized carbons (Fsp3) is 0.467. The number of carboxylic acids is 1. The lowest BCUT2D eigenvalue weighted by molar-refractivity contribution is -0.142. The number of carboxylic acid groups (broad SMARTS) is 1. The van der Waals surface area contributed by atoms with Crippen molar-refractivity contribution in [2.24, 2.45) is 5.92 Å². The van der Waals surface area contributed by atoms with Crippen molar-refractivity contribution in [2.45, 2.75) is 31.8 Å². The molecule has 1 aromatic carbocycles. The molecule has 21 heavy (non-hydrogen) atoms. The molecule has 2 N–H and O–H groups in total. The second-order valence-corrected chi connectivity index (χ2v) is 5.85. The van der Waals surface area contributed by atoms with Gasteiger partial charge in [0.15, 0.2) is 0 Å². The van der Waals surface area contributed by atoms with Crippen molar-refractivity contribution in [3.05, 3.63) is 34.9 Å². The first-order chi connectivity index (χ1) is 9.97. The Bertz CT molecular complexity index is 518. The number of carbonyl (C=O) groups is 2. The predicted molar refractivity (Wildman–Crippen MR) is 80.2 cm³/mol. The summed E-state index contributed by atoms with van der Waals surface area (Å²) in [5.74, 6) is -1.31. The van der Waals surface area contributed by atoms with Gasteiger partial charge in [0.05, 0.1) is 5.92 Å². The third kappa shape index (κ3) is 4.11. The first-order valence-electron chi connectivity index (χ1n) is 6.96. The van der Waals surface area contributed by atoms with E-state index in [2.05, 4.69) is 5.32 Å². The van der Waals surface area contributed by atoms with Gasteiger partial charge >= 0.3 is 12.0 Å². The van der Waals surface area contributed by atoms with E-state index in [1.54, 1.807) is 24.1 Å². The van der Waals surface area contributed by atoms with Crippen LogP contribution in [0.5, 0.6) is 0 Å². The normalized spacial score (nSPS) is 21.0. The molecule has 6 heteroatoms. The van der Waals surface area contributed by atoms with Crippen LogP contribution in [0.2, 0.25) is 5.02 Å². The van der Waals surface area contributed by atoms with Crippen molar-refractivity contribution in [1.29, 1.82) is 0 Å². The molecule has 2 unspecified atom stereocenters. The van der Waals surface area contributed by atoms with Gasteiger partial charge in [-0.3, -0.25) is 4.79 Å². The van der Waals surface area contributed by atoms with E-state index in [0.29, 0.717) is 18.0 Å². The van der Waals surface area contributed by atoms with Gasteiger partial charge in [0, 0.05) is 24.7 Å². The van der Waals surface area contributed by atoms with Crippen LogP contribution in [0.4, 0.5) is 4.79 Å². The van der Waals surface area contributed by atoms with E-state index in [4.69, 9.17) is 16.7 Å². The van der Waals surface area contributed by atoms with Gasteiger partial charge in [-0.25, -0.2) is 4.79 Å². The Morgan fingerprint density at radius 3 is 2.62 bits per heavy atom. The van der Waals surface area contributed by atoms with Gasteiger partial charge in [0.1, 0.15) is 0 Å². The zero-order chi connectivity index (χ0) is 15.4. The van der Waals surface area contributed by atoms with Crippen LogP contribution in [-0.4, -0.2) is 35.1 Å². The zero-order valence-corrected chi connectivity index (χ0v) is 12.6. The number of hydrogen-bond acceptors (Lipinski definition) is 2. The fourth-order valence-electron chi connectivity index (χ4n) is 2.63. The van der Waals surface area contributed by atoms with Crippen LogP contribution < -0.4 is 5.32 Å². The SMILES string of the molecule is CN(Cc1ccc(Cl)cc1)C(=O)NC1CCCC1C(=O)O. The summed E-state index contributed by atoms with van der Waals surface area (Å²) in [5, 5.41) is 12.6. The summed E-state index contributed by atoms with van der Waals surface area (Å²) >= 11 is 5.82. The van der Waals surface area contributed by atoms with Crippen LogP contribution in [0.3, 0.4) is 0 Å². The van der Waals surface area contributed by atoms with Gasteiger partial charge in [0.25, 0.3) is 0 Å². The Hall–Kier alpha value is -1.75. The second kappa shape index (κ2) is 6.80. The molecule has 5 nitrogen and oxygen atoms in total. The first-order valence-corrected chi connectivity index (χ1v) is 7.34. The third-order valence-electron chi connectivity index (χ3n) is 3.82. The highest BCUT2D eigenvalue weighted by molar-refractivity contribution is 6.30. The topological polar surface area (TPSA) is 69.6 Å². The number of aliphatic carboxylic acids is 1. The molecule has 2 atom stereocenters. The summed E-state index contributed by atoms with van der Waals surface area (Å²) < 4.78 is 0. The highest BCUT2D eigenvalue weighted by Gasteiger charge is 2.34. The quantitative estimate of drug-likeness (QED) is 0.898. The number of amides is 2. The molecular formula is C15H19ClN2O3. The van der Waals surface area contributed by atoms with Crippen LogP contribution in [0.1, 0.15) is 24.8 Å². The van der Waals surface area contributed by atoms with Crippen molar-refractivity contribution < 1.29 is 14.7 Å². The van der Waals surface area contributed by atoms with Gasteiger partial charge in [0.2, 0.25) is 0 Å². The number of nitrogens with one attached hydrogen (secondary N) is 1. The number of carbonyl (C=O) groups excluding carboxylic acids is 1. The number of rotatable bonds is 4. The lowest BCUT2D eigenvalue weighted by atomic mass is 10.0. The summed E-state index contributed by atoms with van der Waals surface area (Å²) in [6.07, 6.45) is 2.18. The van der Waals surface area contributed by atoms with Crippen LogP contribution in [0.15, 0.2) is 24.3 Å². The molecule has 1 fully saturated rings. The summed E-state index contributed by atoms with van der Waals surface area (Å²) in [6, 6.07) is 6.76. The Morgan fingerprint density at radius 2 is 2.00 bits per heavy atom. The van der Waals surface area contributed by atoms with E-state index in [1.807, 2.05) is 12.1 Å². The van der Waals surface area contributed by atoms with E-state index < -0.39 is 11.9 Å². The van der Waals surface area contributed by atoms with Gasteiger partial charge in [-0.1, -0.05) is 30.2 Å². The molecule has 1 aromatic rings. The summed E-state index contributed by atoms with van der Waals surface area (Å²) in [7, 11) is 1.69. The lowest BCUT2D eigenvalue weighted by Gasteiger charge is -2.23. The number of urea groups is 1. The van der Waals surface area contributed by atoms with Crippen LogP contribution in [0, 0.1) is 5.92 Å². The van der Waals surface area contributed by atoms with Gasteiger partial charge in [-0.15, -0.1) is 0 Å². The van der Waals surface area contributed by atoms with E-state index in [9.17, 15) is 9.59 Å². The molecular weight excluding hydrogens is 292 g/mol. The van der Waals surface area contributed by atoms with E-state index in [0.717, 1.165) is 18.4 Å². The number of halogens is 1. The molecule has 0 aromatic heterocycles. The third-order valence-corrected chi connectivity index (χ3v) is 4.07. The van der Waals surface area contributed by atoms with E-state index >= 15 is 0 Å². The molecule has 2 amide bonds. The largest absolute Gasteiger partial charge is 0.481 e. The maximum absolute atomic E-state index is 12.1. The molecule has 0 saturated heterocycles. The van der Waals surface area contributed by atoms with Crippen molar-refractivity contribution >= 4 is 23.6 Å². The molecule has 0 heterocycles. The van der Waals surface area contributed by atoms with Gasteiger partial charge < -0.3 is 15.3 Å². The summed E-state index contributed by atoms with van der Waals surface area (Å²) in [4.78, 5) is 24.8. The molecule has 1 saturated carbocycles. The number of nitrogens with zero attached hydrogens (tertiary/aromatic N) is 1. The summed E-state index contributed by atoms with van der Waals surface area (Å²) in [6.45, 7) is 0.452. The maximum atomic E-state index is 12.1. The Labute approximate surface area is 128 Å². The molecule has 2 rings (SSSR count). The van der Waals surface area contributed by atoms with Crippen LogP contribution >= 0.6 is 11.6 Å². The van der Waals surface area contributed by atoms with Gasteiger partial charge in [-0.2, -0.15) is 0 Å². The van der Waals surface area contributed by atoms with Crippen molar-refractivity contribution in [2.75, 3.05) is 7.05 Å². The molecule has 1 aliphatic rings. The molecule has 0 radical (unpaired) electrons. The zero-order valence-electron chi connectivity index (χ0n) is 11.9. The Morgan fingerprint density at radius 1 is 1.33 bits per heavy atom. The lowest BCUT2D eigenvalue weighted by Crippen LogP contribution is -2.45. The minimum Gasteiger partial charge on any atom is -0.481 e. The smallest absolute Gasteiger partial charge is 0.317 e. The standard InChI is InChI=1S/C15H19ClN2O3/c1-18(9-10-5-7-11(16)8-6-10)15(21)17-13-4-2-3-12(13)14(19)20/h5-8,12-13H,2-4,9H2,1H3,(H,17,21)(H,19,20). The number of benzene rings is 1. The maximum Gasteiger partial charge on any atom is 0.317 e. The average molecular weight is 311 g/mol. The summed E-state index contributed by atoms with van der Waals surface area (Å²) in [5.41, 5.74) is 0.971. The molecule has 1 aliphatic carbocycles. The van der Waals surface area contributed by atoms with Gasteiger partial charge in [-0.05, 0) is 30.5 Å². The molecule has 0 spiro atoms. The average Bonchev–Trinajstić information content (AvgIpc) is 2.89. The van der Waals surface area contributed by atoms with Crippen LogP contribution in [0.25, 0.3) is 0 Å². The van der Waals surface area contributed by atoms with Crippen molar-refractivity contribution in [3.63, 3.8) is 0 Å². The molecule has 114 valence electrons.